The lowest BCUT2D eigenvalue weighted by molar-refractivity contribution is 0.641. The fourth-order valence-corrected chi connectivity index (χ4v) is 17.2. The van der Waals surface area contributed by atoms with E-state index >= 15 is 0 Å². The van der Waals surface area contributed by atoms with Gasteiger partial charge in [-0.3, -0.25) is 0 Å². The van der Waals surface area contributed by atoms with E-state index in [9.17, 15) is 0 Å². The summed E-state index contributed by atoms with van der Waals surface area (Å²) in [6, 6.07) is 101. The first kappa shape index (κ1) is 47.8. The molecule has 0 spiro atoms. The first-order valence-electron chi connectivity index (χ1n) is 31.0. The Balaban J connectivity index is 1.07. The van der Waals surface area contributed by atoms with Crippen LogP contribution in [0, 0.1) is 0 Å². The smallest absolute Gasteiger partial charge is 0.252 e. The molecule has 2 nitrogen and oxygen atoms in total. The molecule has 4 heterocycles. The maximum absolute atomic E-state index is 2.76. The largest absolute Gasteiger partial charge is 0.310 e. The Bertz CT molecular complexity index is 6140. The monoisotopic (exact) mass is 1100 g/mol. The predicted octanol–water partition coefficient (Wildman–Crippen LogP) is 20.1. The van der Waals surface area contributed by atoms with Gasteiger partial charge in [-0.2, -0.15) is 0 Å². The standard InChI is InChI=1S/C84H55BN2/c1-83(2,48-23-7-5-8-24-48)50-39-41-71-65(43-50)68-44-51(84(3,4)49-25-9-6-10-26-49)45-69-80(68)87(71)82-76-63-38-22-19-32-57(63)54-29-13-16-35-60(54)67(76)47-73-79(82)85(69)70-46-66-59-34-15-12-28-53(59)56-31-18-21-37-62(56)75(66)78-77-72(86(73)81(70)78)42-40-64-58-33-14-11-27-52(58)55-30-17-20-36-61(55)74(64)77/h5-47H,1-4H3. The summed E-state index contributed by atoms with van der Waals surface area (Å²) in [5, 5.41) is 28.4. The zero-order valence-corrected chi connectivity index (χ0v) is 48.8. The van der Waals surface area contributed by atoms with Gasteiger partial charge in [0.2, 0.25) is 0 Å². The molecule has 3 heteroatoms. The van der Waals surface area contributed by atoms with E-state index in [1.807, 2.05) is 0 Å². The highest BCUT2D eigenvalue weighted by Crippen LogP contribution is 2.52. The van der Waals surface area contributed by atoms with Crippen LogP contribution in [0.2, 0.25) is 0 Å². The zero-order valence-electron chi connectivity index (χ0n) is 48.8. The van der Waals surface area contributed by atoms with Gasteiger partial charge in [0.1, 0.15) is 0 Å². The molecule has 0 amide bonds. The predicted molar refractivity (Wildman–Crippen MR) is 374 cm³/mol. The Labute approximate surface area is 502 Å². The first-order chi connectivity index (χ1) is 42.7. The molecule has 404 valence electrons. The van der Waals surface area contributed by atoms with E-state index < -0.39 is 0 Å². The molecule has 0 radical (unpaired) electrons. The van der Waals surface area contributed by atoms with Crippen LogP contribution in [-0.2, 0) is 10.8 Å². The van der Waals surface area contributed by atoms with Crippen molar-refractivity contribution in [2.45, 2.75) is 38.5 Å². The molecule has 0 bridgehead atoms. The van der Waals surface area contributed by atoms with Gasteiger partial charge in [-0.15, -0.1) is 0 Å². The van der Waals surface area contributed by atoms with Crippen LogP contribution in [-0.4, -0.2) is 15.8 Å². The van der Waals surface area contributed by atoms with E-state index in [4.69, 9.17) is 0 Å². The summed E-state index contributed by atoms with van der Waals surface area (Å²) in [6.45, 7) is 9.51. The number of hydrogen-bond acceptors (Lipinski definition) is 0. The highest BCUT2D eigenvalue weighted by atomic mass is 15.0. The normalized spacial score (nSPS) is 13.3. The summed E-state index contributed by atoms with van der Waals surface area (Å²) in [5.74, 6) is 0. The van der Waals surface area contributed by atoms with Gasteiger partial charge in [0.15, 0.2) is 0 Å². The zero-order chi connectivity index (χ0) is 57.3. The molecule has 2 aliphatic heterocycles. The third-order valence-corrected chi connectivity index (χ3v) is 21.4. The summed E-state index contributed by atoms with van der Waals surface area (Å²) < 4.78 is 5.52. The van der Waals surface area contributed by atoms with Crippen LogP contribution in [0.25, 0.3) is 152 Å². The average molecular weight is 1100 g/mol. The van der Waals surface area contributed by atoms with Gasteiger partial charge in [0.05, 0.1) is 22.2 Å². The number of benzene rings is 16. The molecule has 0 N–H and O–H groups in total. The third kappa shape index (κ3) is 5.97. The maximum atomic E-state index is 2.76. The Morgan fingerprint density at radius 2 is 0.655 bits per heavy atom. The lowest BCUT2D eigenvalue weighted by atomic mass is 9.33. The van der Waals surface area contributed by atoms with Crippen LogP contribution < -0.4 is 16.4 Å². The van der Waals surface area contributed by atoms with Crippen LogP contribution in [0.3, 0.4) is 0 Å². The number of fused-ring (bicyclic) bond motifs is 31. The number of hydrogen-bond donors (Lipinski definition) is 0. The Hall–Kier alpha value is -10.5. The van der Waals surface area contributed by atoms with E-state index in [0.29, 0.717) is 0 Å². The van der Waals surface area contributed by atoms with Crippen molar-refractivity contribution in [2.24, 2.45) is 0 Å². The van der Waals surface area contributed by atoms with Crippen LogP contribution >= 0.6 is 0 Å². The molecule has 0 aliphatic carbocycles. The topological polar surface area (TPSA) is 9.86 Å². The van der Waals surface area contributed by atoms with E-state index in [-0.39, 0.29) is 17.5 Å². The molecule has 0 unspecified atom stereocenters. The van der Waals surface area contributed by atoms with Gasteiger partial charge in [0.25, 0.3) is 6.71 Å². The van der Waals surface area contributed by atoms with Gasteiger partial charge < -0.3 is 9.13 Å². The average Bonchev–Trinajstić information content (AvgIpc) is 1.58. The molecular formula is C84H55BN2. The summed E-state index contributed by atoms with van der Waals surface area (Å²) in [5.41, 5.74) is 16.3. The highest BCUT2D eigenvalue weighted by Gasteiger charge is 2.44. The maximum Gasteiger partial charge on any atom is 0.252 e. The third-order valence-electron chi connectivity index (χ3n) is 21.4. The van der Waals surface area contributed by atoms with Gasteiger partial charge in [-0.1, -0.05) is 258 Å². The molecule has 0 fully saturated rings. The van der Waals surface area contributed by atoms with E-state index in [2.05, 4.69) is 298 Å². The van der Waals surface area contributed by atoms with Crippen molar-refractivity contribution in [3.05, 3.63) is 283 Å². The molecule has 2 aromatic heterocycles. The number of aromatic nitrogens is 2. The van der Waals surface area contributed by atoms with Crippen LogP contribution in [0.4, 0.5) is 0 Å². The molecular weight excluding hydrogens is 1050 g/mol. The molecule has 0 saturated carbocycles. The van der Waals surface area contributed by atoms with Crippen molar-refractivity contribution in [2.75, 3.05) is 0 Å². The van der Waals surface area contributed by atoms with Crippen molar-refractivity contribution in [3.63, 3.8) is 0 Å². The molecule has 0 atom stereocenters. The van der Waals surface area contributed by atoms with Crippen molar-refractivity contribution in [3.8, 4) is 11.4 Å². The molecule has 0 saturated heterocycles. The quantitative estimate of drug-likeness (QED) is 0.123. The second-order valence-corrected chi connectivity index (χ2v) is 26.1. The van der Waals surface area contributed by atoms with Crippen molar-refractivity contribution in [1.82, 2.24) is 9.13 Å². The number of rotatable bonds is 4. The summed E-state index contributed by atoms with van der Waals surface area (Å²) in [4.78, 5) is 0. The minimum atomic E-state index is -0.344. The highest BCUT2D eigenvalue weighted by molar-refractivity contribution is 7.01. The molecule has 2 aliphatic rings. The van der Waals surface area contributed by atoms with Crippen molar-refractivity contribution in [1.29, 1.82) is 0 Å². The van der Waals surface area contributed by atoms with Crippen LogP contribution in [0.15, 0.2) is 261 Å². The van der Waals surface area contributed by atoms with Crippen molar-refractivity contribution >= 4 is 164 Å². The second-order valence-electron chi connectivity index (χ2n) is 26.1. The van der Waals surface area contributed by atoms with Gasteiger partial charge in [0, 0.05) is 59.7 Å². The number of nitrogens with zero attached hydrogens (tertiary/aromatic N) is 2. The lowest BCUT2D eigenvalue weighted by Crippen LogP contribution is -2.59. The second kappa shape index (κ2) is 16.7. The fourth-order valence-electron chi connectivity index (χ4n) is 17.2. The van der Waals surface area contributed by atoms with Crippen LogP contribution in [0.5, 0.6) is 0 Å². The molecule has 18 aromatic rings. The Morgan fingerprint density at radius 1 is 0.253 bits per heavy atom. The molecule has 16 aromatic carbocycles. The van der Waals surface area contributed by atoms with Crippen LogP contribution in [0.1, 0.15) is 49.9 Å². The summed E-state index contributed by atoms with van der Waals surface area (Å²) in [6.07, 6.45) is 0. The van der Waals surface area contributed by atoms with Gasteiger partial charge >= 0.3 is 0 Å². The minimum Gasteiger partial charge on any atom is -0.310 e. The first-order valence-corrected chi connectivity index (χ1v) is 31.0. The molecule has 20 rings (SSSR count). The molecule has 87 heavy (non-hydrogen) atoms. The Kier molecular flexibility index (Phi) is 9.18. The minimum absolute atomic E-state index is 0.159. The van der Waals surface area contributed by atoms with Gasteiger partial charge in [-0.25, -0.2) is 0 Å². The SMILES string of the molecule is CC(C)(c1ccccc1)c1ccc2c(c1)c1cc(C(C)(C)c3ccccc3)cc3c1n2-c1c2c(cc4c5ccccc5c5ccccc5c14)-n1c4ccc5c6ccccc6c6ccccc6c5c4c4c5c6ccccc6c6ccccc6c5cc(c41)B23. The van der Waals surface area contributed by atoms with E-state index in [1.165, 1.54) is 191 Å². The lowest BCUT2D eigenvalue weighted by Gasteiger charge is -2.36. The Morgan fingerprint density at radius 3 is 1.20 bits per heavy atom. The fraction of sp³-hybridized carbons (Fsp3) is 0.0714. The summed E-state index contributed by atoms with van der Waals surface area (Å²) in [7, 11) is 0. The summed E-state index contributed by atoms with van der Waals surface area (Å²) >= 11 is 0. The van der Waals surface area contributed by atoms with Crippen molar-refractivity contribution < 1.29 is 0 Å². The van der Waals surface area contributed by atoms with Gasteiger partial charge in [-0.05, 0) is 150 Å². The van der Waals surface area contributed by atoms with E-state index in [0.717, 1.165) is 0 Å². The van der Waals surface area contributed by atoms with E-state index in [1.54, 1.807) is 0 Å².